The number of carbonyl (C=O) groups is 13. The highest BCUT2D eigenvalue weighted by atomic mass is 32.2. The summed E-state index contributed by atoms with van der Waals surface area (Å²) in [5.74, 6) is -1.71. The Kier molecular flexibility index (Phi) is 94.5. The zero-order valence-electron chi connectivity index (χ0n) is 74.3. The van der Waals surface area contributed by atoms with Gasteiger partial charge in [0.25, 0.3) is 0 Å². The van der Waals surface area contributed by atoms with E-state index < -0.39 is 66.3 Å². The molecule has 0 aromatic rings. The molecule has 121 heavy (non-hydrogen) atoms. The van der Waals surface area contributed by atoms with Crippen molar-refractivity contribution in [2.75, 3.05) is 286 Å². The maximum absolute atomic E-state index is 12.6. The van der Waals surface area contributed by atoms with Crippen molar-refractivity contribution in [3.05, 3.63) is 0 Å². The first-order valence-electron chi connectivity index (χ1n) is 39.7. The Morgan fingerprint density at radius 1 is 0.264 bits per heavy atom. The Hall–Kier alpha value is -7.34. The van der Waals surface area contributed by atoms with Crippen LogP contribution in [0.15, 0.2) is 0 Å². The van der Waals surface area contributed by atoms with Crippen molar-refractivity contribution >= 4 is 89.1 Å². The van der Waals surface area contributed by atoms with Gasteiger partial charge in [0.05, 0.1) is 177 Å². The SMILES string of the molecule is C.COCCOCCOC(=O)C(C)C.COCCOCCOC(=O)NC(COCCOC)C(=O)NCC(=O)C(C)C.COCCOCCOC(=O)NC(CSCCOC)C(=O)NCC(=O)C(C)C.COCCOCCOC(=O)NCC(=O)C(C)C.COCCOCCOC(=O)NCCCCC(NC(=O)OCCOCCOC)C(=O)NCC(=O)C(C)C. The van der Waals surface area contributed by atoms with E-state index in [1.807, 2.05) is 0 Å². The standard InChI is InChI=1S/C23H43N3O10.C17H32N2O8.C17H32N2O7S.C11H21NO5.C9H18O4.CH4/c1-18(2)20(27)17-25-21(28)19(26-23(30)36-16-14-34-12-10-32-4)7-5-6-8-24-22(29)35-15-13-33-11-9-31-3;1-13(2)15(20)11-18-16(21)14(12-26-8-6-24-4)19-17(22)27-10-9-25-7-5-23-3;1-13(2)15(20)11-18-16(21)14(12-27-10-9-24-4)19-17(22)26-8-7-25-6-5-23-3;1-9(2)10(13)8-12-11(14)17-7-6-16-5-4-15-3;1-8(2)9(10)13-7-6-12-5-4-11-3;/h18-19H,5-17H2,1-4H3,(H,24,29)(H,25,28)(H,26,30);2*13-14H,5-12H2,1-4H3,(H,18,21)(H,19,22);9H,4-8H2,1-3H3,(H,12,14);8H,4-7H2,1-3H3;1H4. The second-order valence-electron chi connectivity index (χ2n) is 26.3. The van der Waals surface area contributed by atoms with Crippen LogP contribution >= 0.6 is 11.8 Å². The van der Waals surface area contributed by atoms with Crippen molar-refractivity contribution in [3.63, 3.8) is 0 Å². The largest absolute Gasteiger partial charge is 0.463 e. The number of esters is 1. The summed E-state index contributed by atoms with van der Waals surface area (Å²) < 4.78 is 105. The van der Waals surface area contributed by atoms with Crippen LogP contribution in [0.25, 0.3) is 0 Å². The topological polar surface area (TPSA) is 512 Å². The van der Waals surface area contributed by atoms with Crippen LogP contribution in [0.2, 0.25) is 0 Å². The zero-order valence-corrected chi connectivity index (χ0v) is 75.1. The van der Waals surface area contributed by atoms with Crippen LogP contribution < -0.4 is 42.5 Å². The average Bonchev–Trinajstić information content (AvgIpc) is 0.921. The van der Waals surface area contributed by atoms with Crippen molar-refractivity contribution in [2.45, 2.75) is 114 Å². The van der Waals surface area contributed by atoms with Gasteiger partial charge in [-0.05, 0) is 19.3 Å². The van der Waals surface area contributed by atoms with Gasteiger partial charge in [-0.1, -0.05) is 76.7 Å². The molecule has 0 aliphatic heterocycles. The number of ketones is 4. The fourth-order valence-corrected chi connectivity index (χ4v) is 8.23. The molecule has 0 heterocycles. The summed E-state index contributed by atoms with van der Waals surface area (Å²) in [6, 6.07) is -2.71. The van der Waals surface area contributed by atoms with Gasteiger partial charge in [-0.2, -0.15) is 11.8 Å². The summed E-state index contributed by atoms with van der Waals surface area (Å²) >= 11 is 1.45. The number of alkyl carbamates (subject to hydrolysis) is 5. The monoisotopic (exact) mass is 1770 g/mol. The molecule has 0 saturated heterocycles. The molecule has 0 saturated carbocycles. The molecule has 3 atom stereocenters. The molecule has 712 valence electrons. The van der Waals surface area contributed by atoms with Crippen LogP contribution in [0.3, 0.4) is 0 Å². The van der Waals surface area contributed by atoms with E-state index in [2.05, 4.69) is 42.5 Å². The first-order chi connectivity index (χ1) is 57.4. The number of methoxy groups -OCH3 is 8. The first kappa shape index (κ1) is 124. The van der Waals surface area contributed by atoms with Crippen molar-refractivity contribution in [1.29, 1.82) is 0 Å². The molecule has 8 N–H and O–H groups in total. The maximum atomic E-state index is 12.6. The smallest absolute Gasteiger partial charge is 0.407 e. The van der Waals surface area contributed by atoms with Crippen LogP contribution in [0, 0.1) is 29.6 Å². The fraction of sp³-hybridized carbons (Fsp3) is 0.833. The second-order valence-corrected chi connectivity index (χ2v) is 27.4. The summed E-state index contributed by atoms with van der Waals surface area (Å²) in [6.45, 7) is 26.6. The van der Waals surface area contributed by atoms with Gasteiger partial charge in [0, 0.05) is 98.6 Å². The maximum Gasteiger partial charge on any atom is 0.407 e. The molecular formula is C78H150N8O34S. The Labute approximate surface area is 720 Å². The summed E-state index contributed by atoms with van der Waals surface area (Å²) in [6.07, 6.45) is -2.10. The van der Waals surface area contributed by atoms with Crippen LogP contribution in [0.1, 0.15) is 95.9 Å². The van der Waals surface area contributed by atoms with Crippen molar-refractivity contribution in [1.82, 2.24) is 42.5 Å². The Balaban J connectivity index is -0.000000354. The Morgan fingerprint density at radius 3 is 0.851 bits per heavy atom. The molecule has 42 nitrogen and oxygen atoms in total. The molecule has 0 radical (unpaired) electrons. The minimum absolute atomic E-state index is 0. The van der Waals surface area contributed by atoms with Gasteiger partial charge in [0.15, 0.2) is 23.1 Å². The van der Waals surface area contributed by atoms with E-state index in [0.717, 1.165) is 0 Å². The lowest BCUT2D eigenvalue weighted by molar-refractivity contribution is -0.149. The van der Waals surface area contributed by atoms with E-state index in [1.54, 1.807) is 119 Å². The number of unbranched alkanes of at least 4 members (excludes halogenated alkanes) is 1. The van der Waals surface area contributed by atoms with E-state index in [-0.39, 0.29) is 171 Å². The van der Waals surface area contributed by atoms with E-state index >= 15 is 0 Å². The van der Waals surface area contributed by atoms with Gasteiger partial charge in [-0.25, -0.2) is 24.0 Å². The molecule has 0 fully saturated rings. The van der Waals surface area contributed by atoms with Crippen LogP contribution in [0.5, 0.6) is 0 Å². The second kappa shape index (κ2) is 91.9. The predicted molar refractivity (Wildman–Crippen MR) is 446 cm³/mol. The summed E-state index contributed by atoms with van der Waals surface area (Å²) in [4.78, 5) is 153. The van der Waals surface area contributed by atoms with Gasteiger partial charge in [-0.15, -0.1) is 0 Å². The third-order valence-corrected chi connectivity index (χ3v) is 15.6. The van der Waals surface area contributed by atoms with Crippen LogP contribution in [0.4, 0.5) is 24.0 Å². The van der Waals surface area contributed by atoms with E-state index in [1.165, 1.54) is 18.9 Å². The molecule has 0 bridgehead atoms. The summed E-state index contributed by atoms with van der Waals surface area (Å²) in [7, 11) is 12.6. The Bertz CT molecular complexity index is 2530. The third kappa shape index (κ3) is 88.8. The molecule has 0 aromatic carbocycles. The van der Waals surface area contributed by atoms with Crippen molar-refractivity contribution in [2.24, 2.45) is 29.6 Å². The quantitative estimate of drug-likeness (QED) is 0.0246. The number of rotatable bonds is 70. The van der Waals surface area contributed by atoms with Gasteiger partial charge in [0.1, 0.15) is 57.8 Å². The highest BCUT2D eigenvalue weighted by molar-refractivity contribution is 7.99. The lowest BCUT2D eigenvalue weighted by atomic mass is 10.1. The first-order valence-corrected chi connectivity index (χ1v) is 40.8. The highest BCUT2D eigenvalue weighted by Gasteiger charge is 2.26. The van der Waals surface area contributed by atoms with Gasteiger partial charge in [0.2, 0.25) is 17.7 Å². The number of thioether (sulfide) groups is 1. The average molecular weight is 1780 g/mol. The normalized spacial score (nSPS) is 11.3. The fourth-order valence-electron chi connectivity index (χ4n) is 7.31. The van der Waals surface area contributed by atoms with Gasteiger partial charge < -0.3 is 142 Å². The van der Waals surface area contributed by atoms with E-state index in [4.69, 9.17) is 99.5 Å². The molecule has 3 unspecified atom stereocenters. The summed E-state index contributed by atoms with van der Waals surface area (Å²) in [5.41, 5.74) is 0. The molecule has 43 heteroatoms. The molecule has 0 aromatic heterocycles. The number of hydrogen-bond acceptors (Lipinski definition) is 35. The molecule has 0 spiro atoms. The minimum Gasteiger partial charge on any atom is -0.463 e. The molecule has 0 aliphatic rings. The number of hydrogen-bond donors (Lipinski definition) is 8. The minimum atomic E-state index is -0.997. The lowest BCUT2D eigenvalue weighted by Crippen LogP contribution is -2.51. The van der Waals surface area contributed by atoms with Crippen LogP contribution in [-0.4, -0.2) is 382 Å². The molecular weight excluding hydrogens is 1620 g/mol. The molecule has 0 rings (SSSR count). The number of Topliss-reactive ketones (excluding diaryl/α,β-unsaturated/α-hetero) is 4. The van der Waals surface area contributed by atoms with Gasteiger partial charge >= 0.3 is 36.4 Å². The van der Waals surface area contributed by atoms with Crippen molar-refractivity contribution < 1.29 is 162 Å². The summed E-state index contributed by atoms with van der Waals surface area (Å²) in [5, 5.41) is 20.0. The predicted octanol–water partition coefficient (Wildman–Crippen LogP) is 2.94. The van der Waals surface area contributed by atoms with Crippen molar-refractivity contribution in [3.8, 4) is 0 Å². The number of carbonyl (C=O) groups excluding carboxylic acids is 13. The Morgan fingerprint density at radius 2 is 0.529 bits per heavy atom. The number of ether oxygens (including phenoxy) is 21. The van der Waals surface area contributed by atoms with E-state index in [0.29, 0.717) is 143 Å². The lowest BCUT2D eigenvalue weighted by Gasteiger charge is -2.18. The zero-order chi connectivity index (χ0) is 91.2. The van der Waals surface area contributed by atoms with E-state index in [9.17, 15) is 62.3 Å². The third-order valence-electron chi connectivity index (χ3n) is 14.6. The van der Waals surface area contributed by atoms with Crippen LogP contribution in [-0.2, 0) is 138 Å². The number of nitrogens with one attached hydrogen (secondary N) is 8. The number of amides is 8. The molecule has 0 aliphatic carbocycles. The van der Waals surface area contributed by atoms with Gasteiger partial charge in [-0.3, -0.25) is 38.4 Å². The highest BCUT2D eigenvalue weighted by Crippen LogP contribution is 2.07. The molecule has 8 amide bonds.